The maximum atomic E-state index is 11.8. The maximum absolute atomic E-state index is 11.8. The van der Waals surface area contributed by atoms with E-state index < -0.39 is 0 Å². The van der Waals surface area contributed by atoms with Crippen molar-refractivity contribution >= 4 is 28.0 Å². The normalized spacial score (nSPS) is 22.9. The Balaban J connectivity index is 2.17. The summed E-state index contributed by atoms with van der Waals surface area (Å²) in [4.78, 5) is 14.5. The summed E-state index contributed by atoms with van der Waals surface area (Å²) in [5, 5.41) is 1.01. The van der Waals surface area contributed by atoms with Gasteiger partial charge in [-0.3, -0.25) is 0 Å². The Morgan fingerprint density at radius 3 is 3.00 bits per heavy atom. The molecule has 5 nitrogen and oxygen atoms in total. The minimum Gasteiger partial charge on any atom is -0.462 e. The number of rotatable bonds is 4. The smallest absolute Gasteiger partial charge is 0.350 e. The number of nitrogens with two attached hydrogens (primary N) is 1. The van der Waals surface area contributed by atoms with E-state index in [4.69, 9.17) is 15.2 Å². The van der Waals surface area contributed by atoms with Crippen LogP contribution in [0.3, 0.4) is 0 Å². The van der Waals surface area contributed by atoms with Gasteiger partial charge < -0.3 is 20.1 Å². The van der Waals surface area contributed by atoms with Gasteiger partial charge in [0.05, 0.1) is 22.9 Å². The van der Waals surface area contributed by atoms with Gasteiger partial charge in [-0.2, -0.15) is 0 Å². The zero-order chi connectivity index (χ0) is 14.8. The zero-order valence-corrected chi connectivity index (χ0v) is 13.1. The quantitative estimate of drug-likeness (QED) is 0.865. The largest absolute Gasteiger partial charge is 0.462 e. The zero-order valence-electron chi connectivity index (χ0n) is 12.3. The first-order valence-electron chi connectivity index (χ1n) is 6.85. The van der Waals surface area contributed by atoms with Gasteiger partial charge >= 0.3 is 5.97 Å². The lowest BCUT2D eigenvalue weighted by molar-refractivity contribution is -0.00451. The van der Waals surface area contributed by atoms with Crippen molar-refractivity contribution in [3.63, 3.8) is 0 Å². The molecule has 112 valence electrons. The van der Waals surface area contributed by atoms with Gasteiger partial charge in [0.15, 0.2) is 0 Å². The first-order chi connectivity index (χ1) is 9.49. The number of piperidine rings is 1. The number of carbonyl (C=O) groups is 1. The van der Waals surface area contributed by atoms with E-state index in [1.54, 1.807) is 14.0 Å². The van der Waals surface area contributed by atoms with Crippen LogP contribution >= 0.6 is 11.3 Å². The number of hydrogen-bond donors (Lipinski definition) is 1. The van der Waals surface area contributed by atoms with Crippen molar-refractivity contribution < 1.29 is 14.3 Å². The summed E-state index contributed by atoms with van der Waals surface area (Å²) in [5.74, 6) is -0.340. The minimum absolute atomic E-state index is 0.138. The summed E-state index contributed by atoms with van der Waals surface area (Å²) in [7, 11) is 1.75. The Labute approximate surface area is 123 Å². The van der Waals surface area contributed by atoms with Gasteiger partial charge in [0, 0.05) is 20.2 Å². The fraction of sp³-hybridized carbons (Fsp3) is 0.643. The Bertz CT molecular complexity index is 489. The first-order valence-corrected chi connectivity index (χ1v) is 7.67. The van der Waals surface area contributed by atoms with E-state index in [1.807, 2.05) is 6.07 Å². The Morgan fingerprint density at radius 2 is 2.35 bits per heavy atom. The molecule has 0 bridgehead atoms. The van der Waals surface area contributed by atoms with Crippen LogP contribution in [0.2, 0.25) is 0 Å². The highest BCUT2D eigenvalue weighted by Crippen LogP contribution is 2.36. The Hall–Kier alpha value is -1.27. The Kier molecular flexibility index (Phi) is 4.55. The molecule has 1 saturated heterocycles. The third-order valence-electron chi connectivity index (χ3n) is 3.67. The van der Waals surface area contributed by atoms with Gasteiger partial charge in [-0.1, -0.05) is 0 Å². The molecule has 1 aromatic rings. The standard InChI is InChI=1S/C14H22N2O3S/c1-4-19-13(17)12-10(15)8-11(20-12)16-7-5-6-14(2,9-16)18-3/h8H,4-7,9,15H2,1-3H3. The molecular weight excluding hydrogens is 276 g/mol. The molecule has 20 heavy (non-hydrogen) atoms. The average Bonchev–Trinajstić information content (AvgIpc) is 2.81. The van der Waals surface area contributed by atoms with Crippen molar-refractivity contribution in [3.05, 3.63) is 10.9 Å². The number of methoxy groups -OCH3 is 1. The minimum atomic E-state index is -0.340. The predicted octanol–water partition coefficient (Wildman–Crippen LogP) is 2.51. The van der Waals surface area contributed by atoms with Crippen molar-refractivity contribution in [1.29, 1.82) is 0 Å². The monoisotopic (exact) mass is 298 g/mol. The van der Waals surface area contributed by atoms with E-state index in [9.17, 15) is 4.79 Å². The van der Waals surface area contributed by atoms with Gasteiger partial charge in [0.1, 0.15) is 4.88 Å². The molecule has 1 fully saturated rings. The van der Waals surface area contributed by atoms with Gasteiger partial charge in [-0.15, -0.1) is 11.3 Å². The third kappa shape index (κ3) is 3.07. The van der Waals surface area contributed by atoms with E-state index in [0.717, 1.165) is 30.9 Å². The summed E-state index contributed by atoms with van der Waals surface area (Å²) in [5.41, 5.74) is 6.29. The number of esters is 1. The first kappa shape index (κ1) is 15.1. The second-order valence-electron chi connectivity index (χ2n) is 5.27. The van der Waals surface area contributed by atoms with Crippen molar-refractivity contribution in [2.75, 3.05) is 37.4 Å². The maximum Gasteiger partial charge on any atom is 0.350 e. The molecule has 0 amide bonds. The number of hydrogen-bond acceptors (Lipinski definition) is 6. The van der Waals surface area contributed by atoms with Gasteiger partial charge in [0.2, 0.25) is 0 Å². The van der Waals surface area contributed by atoms with Crippen molar-refractivity contribution in [3.8, 4) is 0 Å². The molecular formula is C14H22N2O3S. The number of anilines is 2. The highest BCUT2D eigenvalue weighted by molar-refractivity contribution is 7.18. The molecule has 0 radical (unpaired) electrons. The van der Waals surface area contributed by atoms with Crippen LogP contribution in [0.25, 0.3) is 0 Å². The molecule has 0 spiro atoms. The van der Waals surface area contributed by atoms with Crippen LogP contribution in [0, 0.1) is 0 Å². The van der Waals surface area contributed by atoms with E-state index >= 15 is 0 Å². The molecule has 1 aliphatic heterocycles. The van der Waals surface area contributed by atoms with Crippen LogP contribution < -0.4 is 10.6 Å². The lowest BCUT2D eigenvalue weighted by Gasteiger charge is -2.39. The van der Waals surface area contributed by atoms with Crippen LogP contribution in [0.1, 0.15) is 36.4 Å². The second kappa shape index (κ2) is 6.01. The molecule has 2 heterocycles. The van der Waals surface area contributed by atoms with Crippen molar-refractivity contribution in [2.45, 2.75) is 32.3 Å². The number of carbonyl (C=O) groups excluding carboxylic acids is 1. The van der Waals surface area contributed by atoms with Gasteiger partial charge in [-0.25, -0.2) is 4.79 Å². The molecule has 1 atom stereocenters. The van der Waals surface area contributed by atoms with Gasteiger partial charge in [-0.05, 0) is 32.8 Å². The molecule has 0 aromatic carbocycles. The van der Waals surface area contributed by atoms with Crippen LogP contribution in [-0.4, -0.2) is 38.4 Å². The van der Waals surface area contributed by atoms with Crippen LogP contribution in [0.5, 0.6) is 0 Å². The van der Waals surface area contributed by atoms with E-state index in [-0.39, 0.29) is 11.6 Å². The molecule has 2 rings (SSSR count). The van der Waals surface area contributed by atoms with Gasteiger partial charge in [0.25, 0.3) is 0 Å². The molecule has 0 saturated carbocycles. The molecule has 6 heteroatoms. The second-order valence-corrected chi connectivity index (χ2v) is 6.30. The fourth-order valence-corrected chi connectivity index (χ4v) is 3.46. The van der Waals surface area contributed by atoms with E-state index in [2.05, 4.69) is 11.8 Å². The Morgan fingerprint density at radius 1 is 1.60 bits per heavy atom. The highest BCUT2D eigenvalue weighted by atomic mass is 32.1. The summed E-state index contributed by atoms with van der Waals surface area (Å²) in [6, 6.07) is 1.86. The average molecular weight is 298 g/mol. The highest BCUT2D eigenvalue weighted by Gasteiger charge is 2.32. The van der Waals surface area contributed by atoms with Crippen LogP contribution in [0.4, 0.5) is 10.7 Å². The lowest BCUT2D eigenvalue weighted by Crippen LogP contribution is -2.47. The number of nitrogen functional groups attached to an aromatic ring is 1. The summed E-state index contributed by atoms with van der Waals surface area (Å²) in [6.07, 6.45) is 2.11. The van der Waals surface area contributed by atoms with Crippen molar-refractivity contribution in [1.82, 2.24) is 0 Å². The number of nitrogens with zero attached hydrogens (tertiary/aromatic N) is 1. The molecule has 1 aliphatic rings. The lowest BCUT2D eigenvalue weighted by atomic mass is 9.95. The number of ether oxygens (including phenoxy) is 2. The molecule has 1 aromatic heterocycles. The van der Waals surface area contributed by atoms with E-state index in [1.165, 1.54) is 11.3 Å². The topological polar surface area (TPSA) is 64.8 Å². The van der Waals surface area contributed by atoms with Crippen molar-refractivity contribution in [2.24, 2.45) is 0 Å². The summed E-state index contributed by atoms with van der Waals surface area (Å²) in [6.45, 7) is 6.03. The SMILES string of the molecule is CCOC(=O)c1sc(N2CCCC(C)(OC)C2)cc1N. The summed E-state index contributed by atoms with van der Waals surface area (Å²) < 4.78 is 10.6. The molecule has 2 N–H and O–H groups in total. The van der Waals surface area contributed by atoms with E-state index in [0.29, 0.717) is 17.2 Å². The number of thiophene rings is 1. The van der Waals surface area contributed by atoms with Crippen LogP contribution in [0.15, 0.2) is 6.07 Å². The summed E-state index contributed by atoms with van der Waals surface area (Å²) >= 11 is 1.40. The third-order valence-corrected chi connectivity index (χ3v) is 4.86. The fourth-order valence-electron chi connectivity index (χ4n) is 2.46. The predicted molar refractivity (Wildman–Crippen MR) is 81.5 cm³/mol. The molecule has 0 aliphatic carbocycles. The van der Waals surface area contributed by atoms with Crippen LogP contribution in [-0.2, 0) is 9.47 Å². The molecule has 1 unspecified atom stereocenters.